The fourth-order valence-electron chi connectivity index (χ4n) is 4.06. The number of sulfonamides is 1. The minimum absolute atomic E-state index is 0.0638. The predicted molar refractivity (Wildman–Crippen MR) is 155 cm³/mol. The summed E-state index contributed by atoms with van der Waals surface area (Å²) in [6.45, 7) is 5.06. The Kier molecular flexibility index (Phi) is 9.90. The molecule has 0 aliphatic rings. The number of nitrogens with zero attached hydrogens (tertiary/aromatic N) is 2. The summed E-state index contributed by atoms with van der Waals surface area (Å²) in [6.07, 6.45) is 1.20. The van der Waals surface area contributed by atoms with Gasteiger partial charge in [0.05, 0.1) is 11.9 Å². The van der Waals surface area contributed by atoms with Crippen molar-refractivity contribution in [2.45, 2.75) is 45.3 Å². The smallest absolute Gasteiger partial charge is 0.244 e. The number of hydrogen-bond acceptors (Lipinski definition) is 4. The lowest BCUT2D eigenvalue weighted by atomic mass is 10.0. The van der Waals surface area contributed by atoms with E-state index in [9.17, 15) is 22.4 Å². The zero-order valence-electron chi connectivity index (χ0n) is 22.4. The first-order valence-corrected chi connectivity index (χ1v) is 15.0. The maximum Gasteiger partial charge on any atom is 0.244 e. The topological polar surface area (TPSA) is 86.8 Å². The van der Waals surface area contributed by atoms with Gasteiger partial charge in [0.2, 0.25) is 21.8 Å². The third-order valence-electron chi connectivity index (χ3n) is 5.81. The summed E-state index contributed by atoms with van der Waals surface area (Å²) in [7, 11) is -3.92. The van der Waals surface area contributed by atoms with Crippen molar-refractivity contribution >= 4 is 43.5 Å². The van der Waals surface area contributed by atoms with Gasteiger partial charge in [-0.05, 0) is 68.3 Å². The van der Waals surface area contributed by atoms with E-state index in [1.807, 2.05) is 75.4 Å². The molecule has 0 heterocycles. The number of carbonyl (C=O) groups excluding carboxylic acids is 2. The minimum atomic E-state index is -3.92. The van der Waals surface area contributed by atoms with Gasteiger partial charge in [0.1, 0.15) is 18.4 Å². The van der Waals surface area contributed by atoms with Gasteiger partial charge < -0.3 is 10.2 Å². The highest BCUT2D eigenvalue weighted by molar-refractivity contribution is 9.10. The largest absolute Gasteiger partial charge is 0.350 e. The second kappa shape index (κ2) is 12.7. The first kappa shape index (κ1) is 30.3. The van der Waals surface area contributed by atoms with Crippen LogP contribution >= 0.6 is 15.9 Å². The second-order valence-electron chi connectivity index (χ2n) is 10.3. The summed E-state index contributed by atoms with van der Waals surface area (Å²) >= 11 is 3.45. The molecule has 3 aromatic rings. The Morgan fingerprint density at radius 3 is 2.13 bits per heavy atom. The van der Waals surface area contributed by atoms with Crippen LogP contribution in [0.4, 0.5) is 10.1 Å². The highest BCUT2D eigenvalue weighted by Crippen LogP contribution is 2.22. The van der Waals surface area contributed by atoms with Crippen molar-refractivity contribution in [3.63, 3.8) is 0 Å². The van der Waals surface area contributed by atoms with Crippen molar-refractivity contribution in [3.8, 4) is 0 Å². The Balaban J connectivity index is 2.07. The standard InChI is InChI=1S/C29H33BrFN3O4S/c1-29(2,3)32-28(36)26(18-21-9-6-5-7-10-21)33(19-22-11-8-12-23(30)17-22)27(35)20-34(39(4,37)38)25-15-13-24(31)14-16-25/h5-17,26H,18-20H2,1-4H3,(H,32,36)/t26-/m0/s1. The van der Waals surface area contributed by atoms with Crippen molar-refractivity contribution in [3.05, 3.63) is 100 Å². The van der Waals surface area contributed by atoms with E-state index in [1.54, 1.807) is 0 Å². The van der Waals surface area contributed by atoms with Crippen LogP contribution in [0.15, 0.2) is 83.3 Å². The molecule has 3 aromatic carbocycles. The number of anilines is 1. The third kappa shape index (κ3) is 9.18. The first-order valence-electron chi connectivity index (χ1n) is 12.4. The SMILES string of the molecule is CC(C)(C)NC(=O)[C@H](Cc1ccccc1)N(Cc1cccc(Br)c1)C(=O)CN(c1ccc(F)cc1)S(C)(=O)=O. The molecule has 0 unspecified atom stereocenters. The molecule has 2 amide bonds. The molecular weight excluding hydrogens is 585 g/mol. The number of nitrogens with one attached hydrogen (secondary N) is 1. The molecule has 0 aliphatic carbocycles. The highest BCUT2D eigenvalue weighted by atomic mass is 79.9. The molecule has 0 aliphatic heterocycles. The lowest BCUT2D eigenvalue weighted by Gasteiger charge is -2.35. The average Bonchev–Trinajstić information content (AvgIpc) is 2.84. The van der Waals surface area contributed by atoms with Crippen LogP contribution in [-0.4, -0.2) is 49.5 Å². The van der Waals surface area contributed by atoms with Crippen LogP contribution < -0.4 is 9.62 Å². The van der Waals surface area contributed by atoms with Crippen LogP contribution in [0.2, 0.25) is 0 Å². The van der Waals surface area contributed by atoms with E-state index in [2.05, 4.69) is 21.2 Å². The van der Waals surface area contributed by atoms with Crippen LogP contribution in [0.1, 0.15) is 31.9 Å². The van der Waals surface area contributed by atoms with Crippen LogP contribution in [0.3, 0.4) is 0 Å². The Morgan fingerprint density at radius 1 is 0.949 bits per heavy atom. The zero-order valence-corrected chi connectivity index (χ0v) is 24.8. The van der Waals surface area contributed by atoms with Crippen molar-refractivity contribution in [1.82, 2.24) is 10.2 Å². The molecule has 0 aromatic heterocycles. The fraction of sp³-hybridized carbons (Fsp3) is 0.310. The molecule has 0 spiro atoms. The van der Waals surface area contributed by atoms with E-state index in [0.717, 1.165) is 38.3 Å². The van der Waals surface area contributed by atoms with Gasteiger partial charge in [-0.2, -0.15) is 0 Å². The summed E-state index contributed by atoms with van der Waals surface area (Å²) in [5, 5.41) is 2.98. The summed E-state index contributed by atoms with van der Waals surface area (Å²) in [5.41, 5.74) is 1.18. The van der Waals surface area contributed by atoms with Gasteiger partial charge in [0.25, 0.3) is 0 Å². The van der Waals surface area contributed by atoms with E-state index in [0.29, 0.717) is 0 Å². The Bertz CT molecular complexity index is 1390. The molecule has 0 saturated carbocycles. The van der Waals surface area contributed by atoms with Crippen molar-refractivity contribution in [2.24, 2.45) is 0 Å². The lowest BCUT2D eigenvalue weighted by Crippen LogP contribution is -2.56. The van der Waals surface area contributed by atoms with E-state index in [-0.39, 0.29) is 24.6 Å². The Labute approximate surface area is 238 Å². The van der Waals surface area contributed by atoms with Crippen LogP contribution in [0.5, 0.6) is 0 Å². The number of carbonyl (C=O) groups is 2. The summed E-state index contributed by atoms with van der Waals surface area (Å²) < 4.78 is 40.8. The monoisotopic (exact) mass is 617 g/mol. The molecule has 208 valence electrons. The van der Waals surface area contributed by atoms with E-state index < -0.39 is 39.9 Å². The highest BCUT2D eigenvalue weighted by Gasteiger charge is 2.34. The molecular formula is C29H33BrFN3O4S. The maximum atomic E-state index is 14.0. The minimum Gasteiger partial charge on any atom is -0.350 e. The van der Waals surface area contributed by atoms with E-state index in [4.69, 9.17) is 0 Å². The Morgan fingerprint density at radius 2 is 1.56 bits per heavy atom. The maximum absolute atomic E-state index is 14.0. The molecule has 0 bridgehead atoms. The molecule has 10 heteroatoms. The summed E-state index contributed by atoms with van der Waals surface area (Å²) in [4.78, 5) is 29.1. The van der Waals surface area contributed by atoms with E-state index >= 15 is 0 Å². The second-order valence-corrected chi connectivity index (χ2v) is 13.2. The number of benzene rings is 3. The Hall–Kier alpha value is -3.24. The van der Waals surface area contributed by atoms with Gasteiger partial charge >= 0.3 is 0 Å². The number of halogens is 2. The fourth-order valence-corrected chi connectivity index (χ4v) is 5.36. The zero-order chi connectivity index (χ0) is 28.8. The summed E-state index contributed by atoms with van der Waals surface area (Å²) in [5.74, 6) is -1.46. The van der Waals surface area contributed by atoms with Gasteiger partial charge in [0.15, 0.2) is 0 Å². The predicted octanol–water partition coefficient (Wildman–Crippen LogP) is 4.91. The van der Waals surface area contributed by atoms with Crippen LogP contribution in [0, 0.1) is 5.82 Å². The molecule has 0 radical (unpaired) electrons. The molecule has 1 atom stereocenters. The number of amides is 2. The number of rotatable bonds is 10. The molecule has 0 fully saturated rings. The molecule has 39 heavy (non-hydrogen) atoms. The molecule has 3 rings (SSSR count). The average molecular weight is 619 g/mol. The van der Waals surface area contributed by atoms with Crippen LogP contribution in [-0.2, 0) is 32.6 Å². The summed E-state index contributed by atoms with van der Waals surface area (Å²) in [6, 6.07) is 20.6. The van der Waals surface area contributed by atoms with Gasteiger partial charge in [-0.1, -0.05) is 58.4 Å². The molecule has 1 N–H and O–H groups in total. The lowest BCUT2D eigenvalue weighted by molar-refractivity contribution is -0.140. The number of hydrogen-bond donors (Lipinski definition) is 1. The molecule has 0 saturated heterocycles. The third-order valence-corrected chi connectivity index (χ3v) is 7.44. The van der Waals surface area contributed by atoms with Gasteiger partial charge in [-0.25, -0.2) is 12.8 Å². The quantitative estimate of drug-likeness (QED) is 0.350. The normalized spacial score (nSPS) is 12.5. The van der Waals surface area contributed by atoms with Crippen molar-refractivity contribution in [1.29, 1.82) is 0 Å². The van der Waals surface area contributed by atoms with Crippen molar-refractivity contribution in [2.75, 3.05) is 17.1 Å². The van der Waals surface area contributed by atoms with Crippen LogP contribution in [0.25, 0.3) is 0 Å². The first-order chi connectivity index (χ1) is 18.2. The van der Waals surface area contributed by atoms with Gasteiger partial charge in [-0.15, -0.1) is 0 Å². The molecule has 7 nitrogen and oxygen atoms in total. The van der Waals surface area contributed by atoms with Gasteiger partial charge in [-0.3, -0.25) is 13.9 Å². The van der Waals surface area contributed by atoms with Gasteiger partial charge in [0, 0.05) is 23.0 Å². The van der Waals surface area contributed by atoms with Crippen molar-refractivity contribution < 1.29 is 22.4 Å². The van der Waals surface area contributed by atoms with E-state index in [1.165, 1.54) is 17.0 Å².